The van der Waals surface area contributed by atoms with E-state index in [1.807, 2.05) is 6.07 Å². The van der Waals surface area contributed by atoms with E-state index in [9.17, 15) is 14.7 Å². The molecule has 28 heavy (non-hydrogen) atoms. The summed E-state index contributed by atoms with van der Waals surface area (Å²) in [6.45, 7) is 0. The second kappa shape index (κ2) is 7.85. The predicted molar refractivity (Wildman–Crippen MR) is 110 cm³/mol. The van der Waals surface area contributed by atoms with Gasteiger partial charge in [-0.3, -0.25) is 14.9 Å². The molecule has 0 aliphatic heterocycles. The Morgan fingerprint density at radius 2 is 1.89 bits per heavy atom. The Morgan fingerprint density at radius 1 is 1.07 bits per heavy atom. The fraction of sp³-hybridized carbons (Fsp3) is 0.0526. The molecule has 2 amide bonds. The first-order valence-electron chi connectivity index (χ1n) is 8.24. The van der Waals surface area contributed by atoms with Crippen LogP contribution in [0, 0.1) is 0 Å². The topological polar surface area (TPSA) is 104 Å². The summed E-state index contributed by atoms with van der Waals surface area (Å²) >= 11 is 2.61. The summed E-state index contributed by atoms with van der Waals surface area (Å²) in [5.74, 6) is -0.841. The first kappa shape index (κ1) is 18.2. The molecule has 2 aromatic carbocycles. The molecule has 2 aromatic heterocycles. The number of amides is 2. The van der Waals surface area contributed by atoms with Gasteiger partial charge in [0.25, 0.3) is 11.8 Å². The van der Waals surface area contributed by atoms with Crippen molar-refractivity contribution in [2.24, 2.45) is 0 Å². The van der Waals surface area contributed by atoms with Gasteiger partial charge in [0.1, 0.15) is 5.69 Å². The number of nitrogens with one attached hydrogen (secondary N) is 2. The number of rotatable bonds is 5. The molecule has 0 aliphatic carbocycles. The molecule has 0 saturated carbocycles. The molecular weight excluding hydrogens is 396 g/mol. The van der Waals surface area contributed by atoms with Gasteiger partial charge in [-0.2, -0.15) is 0 Å². The number of anilines is 2. The zero-order chi connectivity index (χ0) is 19.5. The van der Waals surface area contributed by atoms with E-state index in [-0.39, 0.29) is 5.91 Å². The molecular formula is C19H14N4O3S2. The molecule has 0 aliphatic rings. The first-order chi connectivity index (χ1) is 13.6. The van der Waals surface area contributed by atoms with Crippen molar-refractivity contribution in [2.75, 3.05) is 10.6 Å². The highest BCUT2D eigenvalue weighted by Crippen LogP contribution is 2.29. The molecule has 7 nitrogen and oxygen atoms in total. The summed E-state index contributed by atoms with van der Waals surface area (Å²) in [4.78, 5) is 32.7. The molecule has 4 rings (SSSR count). The number of carbonyl (C=O) groups is 2. The van der Waals surface area contributed by atoms with Crippen molar-refractivity contribution in [1.29, 1.82) is 0 Å². The lowest BCUT2D eigenvalue weighted by atomic mass is 10.1. The summed E-state index contributed by atoms with van der Waals surface area (Å²) in [5.41, 5.74) is 3.75. The molecule has 0 fully saturated rings. The normalized spacial score (nSPS) is 11.9. The number of aliphatic hydroxyl groups excluding tert-OH is 1. The molecule has 2 heterocycles. The van der Waals surface area contributed by atoms with Crippen LogP contribution in [0.1, 0.15) is 22.2 Å². The largest absolute Gasteiger partial charge is 0.378 e. The van der Waals surface area contributed by atoms with Crippen LogP contribution >= 0.6 is 22.7 Å². The van der Waals surface area contributed by atoms with Gasteiger partial charge < -0.3 is 10.4 Å². The number of nitrogens with zero attached hydrogens (tertiary/aromatic N) is 2. The van der Waals surface area contributed by atoms with Crippen LogP contribution in [0.2, 0.25) is 0 Å². The van der Waals surface area contributed by atoms with Gasteiger partial charge in [0.05, 0.1) is 15.7 Å². The number of fused-ring (bicyclic) bond motifs is 1. The second-order valence-electron chi connectivity index (χ2n) is 5.83. The molecule has 1 atom stereocenters. The number of aliphatic hydroxyl groups is 1. The van der Waals surface area contributed by atoms with Crippen LogP contribution in [0.25, 0.3) is 10.2 Å². The highest BCUT2D eigenvalue weighted by atomic mass is 32.1. The van der Waals surface area contributed by atoms with Crippen molar-refractivity contribution in [3.8, 4) is 0 Å². The van der Waals surface area contributed by atoms with Gasteiger partial charge in [0.15, 0.2) is 11.2 Å². The van der Waals surface area contributed by atoms with Crippen molar-refractivity contribution in [1.82, 2.24) is 9.97 Å². The smallest absolute Gasteiger partial charge is 0.275 e. The number of hydrogen-bond donors (Lipinski definition) is 3. The molecule has 140 valence electrons. The van der Waals surface area contributed by atoms with Gasteiger partial charge in [-0.15, -0.1) is 11.3 Å². The summed E-state index contributed by atoms with van der Waals surface area (Å²) in [7, 11) is 0. The molecule has 0 radical (unpaired) electrons. The molecule has 0 bridgehead atoms. The van der Waals surface area contributed by atoms with Gasteiger partial charge in [-0.1, -0.05) is 41.7 Å². The van der Waals surface area contributed by atoms with E-state index >= 15 is 0 Å². The highest BCUT2D eigenvalue weighted by Gasteiger charge is 2.19. The number of benzene rings is 2. The standard InChI is InChI=1S/C19H14N4O3S2/c24-16(11-4-2-1-3-5-11)18(26)23-19-22-13-7-6-12(8-15(13)28-19)21-17(25)14-9-27-10-20-14/h1-10,16,24H,(H,21,25)(H,22,23,26). The summed E-state index contributed by atoms with van der Waals surface area (Å²) in [5, 5.41) is 17.6. The van der Waals surface area contributed by atoms with Crippen molar-refractivity contribution >= 4 is 55.5 Å². The Balaban J connectivity index is 1.48. The summed E-state index contributed by atoms with van der Waals surface area (Å²) < 4.78 is 0.792. The molecule has 0 saturated heterocycles. The van der Waals surface area contributed by atoms with Gasteiger partial charge in [0, 0.05) is 11.1 Å². The van der Waals surface area contributed by atoms with Gasteiger partial charge in [-0.25, -0.2) is 9.97 Å². The SMILES string of the molecule is O=C(Nc1ccc2nc(NC(=O)C(O)c3ccccc3)sc2c1)c1cscn1. The highest BCUT2D eigenvalue weighted by molar-refractivity contribution is 7.22. The zero-order valence-corrected chi connectivity index (χ0v) is 16.0. The van der Waals surface area contributed by atoms with Crippen LogP contribution in [0.4, 0.5) is 10.8 Å². The Morgan fingerprint density at radius 3 is 2.64 bits per heavy atom. The maximum atomic E-state index is 12.3. The van der Waals surface area contributed by atoms with Crippen LogP contribution < -0.4 is 10.6 Å². The van der Waals surface area contributed by atoms with Crippen molar-refractivity contribution in [2.45, 2.75) is 6.10 Å². The Hall–Kier alpha value is -3.14. The molecule has 0 spiro atoms. The number of aromatic nitrogens is 2. The monoisotopic (exact) mass is 410 g/mol. The Bertz CT molecular complexity index is 1130. The third-order valence-corrected chi connectivity index (χ3v) is 5.43. The summed E-state index contributed by atoms with van der Waals surface area (Å²) in [6.07, 6.45) is -1.28. The molecule has 3 N–H and O–H groups in total. The van der Waals surface area contributed by atoms with Gasteiger partial charge >= 0.3 is 0 Å². The van der Waals surface area contributed by atoms with E-state index in [1.165, 1.54) is 22.7 Å². The fourth-order valence-electron chi connectivity index (χ4n) is 2.54. The zero-order valence-electron chi connectivity index (χ0n) is 14.3. The third-order valence-electron chi connectivity index (χ3n) is 3.91. The fourth-order valence-corrected chi connectivity index (χ4v) is 3.98. The van der Waals surface area contributed by atoms with Gasteiger partial charge in [-0.05, 0) is 23.8 Å². The van der Waals surface area contributed by atoms with Crippen molar-refractivity contribution < 1.29 is 14.7 Å². The van der Waals surface area contributed by atoms with E-state index < -0.39 is 12.0 Å². The van der Waals surface area contributed by atoms with Crippen LogP contribution in [0.5, 0.6) is 0 Å². The minimum absolute atomic E-state index is 0.287. The minimum atomic E-state index is -1.28. The maximum absolute atomic E-state index is 12.3. The molecule has 9 heteroatoms. The van der Waals surface area contributed by atoms with Crippen molar-refractivity contribution in [3.05, 3.63) is 70.7 Å². The molecule has 4 aromatic rings. The summed E-state index contributed by atoms with van der Waals surface area (Å²) in [6, 6.07) is 13.9. The lowest BCUT2D eigenvalue weighted by Crippen LogP contribution is -2.20. The Kier molecular flexibility index (Phi) is 5.11. The average molecular weight is 410 g/mol. The van der Waals surface area contributed by atoms with Crippen molar-refractivity contribution in [3.63, 3.8) is 0 Å². The average Bonchev–Trinajstić information content (AvgIpc) is 3.37. The van der Waals surface area contributed by atoms with E-state index in [0.29, 0.717) is 27.6 Å². The van der Waals surface area contributed by atoms with E-state index in [1.54, 1.807) is 53.4 Å². The van der Waals surface area contributed by atoms with Crippen LogP contribution in [-0.2, 0) is 4.79 Å². The lowest BCUT2D eigenvalue weighted by Gasteiger charge is -2.09. The minimum Gasteiger partial charge on any atom is -0.378 e. The quantitative estimate of drug-likeness (QED) is 0.466. The van der Waals surface area contributed by atoms with Crippen LogP contribution in [0.3, 0.4) is 0 Å². The van der Waals surface area contributed by atoms with E-state index in [4.69, 9.17) is 0 Å². The number of thiazole rings is 2. The number of carbonyl (C=O) groups excluding carboxylic acids is 2. The maximum Gasteiger partial charge on any atom is 0.275 e. The number of hydrogen-bond acceptors (Lipinski definition) is 7. The first-order valence-corrected chi connectivity index (χ1v) is 10.00. The van der Waals surface area contributed by atoms with Gasteiger partial charge in [0.2, 0.25) is 0 Å². The van der Waals surface area contributed by atoms with Crippen LogP contribution in [-0.4, -0.2) is 26.9 Å². The lowest BCUT2D eigenvalue weighted by molar-refractivity contribution is -0.124. The van der Waals surface area contributed by atoms with E-state index in [2.05, 4.69) is 20.6 Å². The Labute approximate surface area is 167 Å². The van der Waals surface area contributed by atoms with E-state index in [0.717, 1.165) is 4.70 Å². The second-order valence-corrected chi connectivity index (χ2v) is 7.58. The predicted octanol–water partition coefficient (Wildman–Crippen LogP) is 3.68. The third kappa shape index (κ3) is 3.91. The van der Waals surface area contributed by atoms with Crippen LogP contribution in [0.15, 0.2) is 59.4 Å². The molecule has 1 unspecified atom stereocenters.